The van der Waals surface area contributed by atoms with E-state index < -0.39 is 0 Å². The topological polar surface area (TPSA) is 56.0 Å². The third-order valence-corrected chi connectivity index (χ3v) is 4.27. The van der Waals surface area contributed by atoms with E-state index in [1.54, 1.807) is 12.1 Å². The van der Waals surface area contributed by atoms with Gasteiger partial charge in [0.05, 0.1) is 15.3 Å². The van der Waals surface area contributed by atoms with Gasteiger partial charge < -0.3 is 0 Å². The van der Waals surface area contributed by atoms with Crippen molar-refractivity contribution in [2.45, 2.75) is 13.8 Å². The fourth-order valence-electron chi connectivity index (χ4n) is 2.14. The molecular weight excluding hydrogens is 272 g/mol. The first-order chi connectivity index (χ1) is 9.56. The maximum Gasteiger partial charge on any atom is 0.270 e. The highest BCUT2D eigenvalue weighted by molar-refractivity contribution is 7.13. The maximum absolute atomic E-state index is 10.9. The molecule has 3 rings (SSSR count). The van der Waals surface area contributed by atoms with Crippen LogP contribution >= 0.6 is 11.5 Å². The van der Waals surface area contributed by atoms with Gasteiger partial charge in [0.25, 0.3) is 5.69 Å². The van der Waals surface area contributed by atoms with Crippen LogP contribution in [0.15, 0.2) is 36.4 Å². The van der Waals surface area contributed by atoms with Gasteiger partial charge in [-0.3, -0.25) is 10.1 Å². The number of benzene rings is 2. The molecule has 0 fully saturated rings. The van der Waals surface area contributed by atoms with E-state index in [0.717, 1.165) is 21.3 Å². The van der Waals surface area contributed by atoms with Crippen LogP contribution in [0.4, 0.5) is 5.69 Å². The summed E-state index contributed by atoms with van der Waals surface area (Å²) < 4.78 is 5.42. The van der Waals surface area contributed by atoms with Gasteiger partial charge in [0, 0.05) is 23.1 Å². The van der Waals surface area contributed by atoms with Crippen LogP contribution in [-0.2, 0) is 0 Å². The second-order valence-corrected chi connectivity index (χ2v) is 5.57. The largest absolute Gasteiger partial charge is 0.270 e. The fourth-order valence-corrected chi connectivity index (χ4v) is 2.91. The first kappa shape index (κ1) is 12.7. The second-order valence-electron chi connectivity index (χ2n) is 4.77. The van der Waals surface area contributed by atoms with Crippen LogP contribution < -0.4 is 0 Å². The lowest BCUT2D eigenvalue weighted by molar-refractivity contribution is -0.384. The number of fused-ring (bicyclic) bond motifs is 1. The lowest BCUT2D eigenvalue weighted by atomic mass is 10.0. The van der Waals surface area contributed by atoms with Gasteiger partial charge in [-0.1, -0.05) is 12.1 Å². The number of aromatic nitrogens is 1. The summed E-state index contributed by atoms with van der Waals surface area (Å²) in [5.41, 5.74) is 4.33. The van der Waals surface area contributed by atoms with Crippen molar-refractivity contribution < 1.29 is 4.92 Å². The minimum atomic E-state index is -0.374. The summed E-state index contributed by atoms with van der Waals surface area (Å²) in [6, 6.07) is 11.0. The molecular formula is C15H12N2O2S. The molecule has 0 unspecified atom stereocenters. The Balaban J connectivity index is 2.22. The summed E-state index contributed by atoms with van der Waals surface area (Å²) >= 11 is 1.37. The zero-order valence-corrected chi connectivity index (χ0v) is 11.9. The molecule has 0 spiro atoms. The summed E-state index contributed by atoms with van der Waals surface area (Å²) in [5, 5.41) is 11.7. The van der Waals surface area contributed by atoms with Crippen LogP contribution in [-0.4, -0.2) is 9.30 Å². The third-order valence-electron chi connectivity index (χ3n) is 3.44. The quantitative estimate of drug-likeness (QED) is 0.514. The van der Waals surface area contributed by atoms with Crippen molar-refractivity contribution in [2.24, 2.45) is 0 Å². The molecule has 0 aliphatic carbocycles. The van der Waals surface area contributed by atoms with E-state index >= 15 is 0 Å². The molecule has 0 amide bonds. The smallest absolute Gasteiger partial charge is 0.258 e. The Kier molecular flexibility index (Phi) is 2.99. The number of nitrogens with zero attached hydrogens (tertiary/aromatic N) is 2. The van der Waals surface area contributed by atoms with Crippen LogP contribution in [0.25, 0.3) is 21.3 Å². The first-order valence-corrected chi connectivity index (χ1v) is 6.95. The number of nitro benzene ring substituents is 1. The Morgan fingerprint density at radius 3 is 2.60 bits per heavy atom. The van der Waals surface area contributed by atoms with Crippen LogP contribution in [0.2, 0.25) is 0 Å². The van der Waals surface area contributed by atoms with Crippen LogP contribution in [0, 0.1) is 24.0 Å². The summed E-state index contributed by atoms with van der Waals surface area (Å²) in [4.78, 5) is 10.5. The summed E-state index contributed by atoms with van der Waals surface area (Å²) in [5.74, 6) is 0. The summed E-state index contributed by atoms with van der Waals surface area (Å²) in [6.45, 7) is 4.11. The Hall–Kier alpha value is -2.27. The highest BCUT2D eigenvalue weighted by atomic mass is 32.1. The Morgan fingerprint density at radius 1 is 1.10 bits per heavy atom. The molecule has 5 heteroatoms. The van der Waals surface area contributed by atoms with Crippen LogP contribution in [0.1, 0.15) is 11.1 Å². The SMILES string of the molecule is Cc1ccc(-c2nsc3ccc([N+](=O)[O-])cc23)cc1C. The van der Waals surface area contributed by atoms with E-state index in [4.69, 9.17) is 0 Å². The van der Waals surface area contributed by atoms with E-state index in [1.165, 1.54) is 28.7 Å². The van der Waals surface area contributed by atoms with Gasteiger partial charge in [-0.15, -0.1) is 0 Å². The molecule has 0 radical (unpaired) electrons. The number of non-ortho nitro benzene ring substituents is 1. The summed E-state index contributed by atoms with van der Waals surface area (Å²) in [7, 11) is 0. The van der Waals surface area contributed by atoms with Gasteiger partial charge in [-0.05, 0) is 48.6 Å². The predicted molar refractivity (Wildman–Crippen MR) is 81.2 cm³/mol. The van der Waals surface area contributed by atoms with Gasteiger partial charge in [0.15, 0.2) is 0 Å². The Morgan fingerprint density at radius 2 is 1.90 bits per heavy atom. The lowest BCUT2D eigenvalue weighted by Crippen LogP contribution is -1.87. The highest BCUT2D eigenvalue weighted by Gasteiger charge is 2.13. The van der Waals surface area contributed by atoms with Gasteiger partial charge in [0.2, 0.25) is 0 Å². The van der Waals surface area contributed by atoms with Crippen molar-refractivity contribution in [1.82, 2.24) is 4.37 Å². The predicted octanol–water partition coefficient (Wildman–Crippen LogP) is 4.49. The number of hydrogen-bond acceptors (Lipinski definition) is 4. The van der Waals surface area contributed by atoms with Crippen molar-refractivity contribution in [3.05, 3.63) is 57.6 Å². The molecule has 0 saturated heterocycles. The molecule has 3 aromatic rings. The second kappa shape index (κ2) is 4.68. The standard InChI is InChI=1S/C15H12N2O2S/c1-9-3-4-11(7-10(9)2)15-13-8-12(17(18)19)5-6-14(13)20-16-15/h3-8H,1-2H3. The average molecular weight is 284 g/mol. The molecule has 100 valence electrons. The molecule has 20 heavy (non-hydrogen) atoms. The van der Waals surface area contributed by atoms with Crippen LogP contribution in [0.5, 0.6) is 0 Å². The number of nitro groups is 1. The molecule has 0 aliphatic heterocycles. The van der Waals surface area contributed by atoms with E-state index in [2.05, 4.69) is 24.3 Å². The molecule has 0 atom stereocenters. The summed E-state index contributed by atoms with van der Waals surface area (Å²) in [6.07, 6.45) is 0. The van der Waals surface area contributed by atoms with Crippen molar-refractivity contribution in [3.8, 4) is 11.3 Å². The van der Waals surface area contributed by atoms with E-state index in [1.807, 2.05) is 12.1 Å². The Bertz CT molecular complexity index is 824. The molecule has 4 nitrogen and oxygen atoms in total. The van der Waals surface area contributed by atoms with Crippen molar-refractivity contribution in [2.75, 3.05) is 0 Å². The molecule has 1 heterocycles. The number of hydrogen-bond donors (Lipinski definition) is 0. The van der Waals surface area contributed by atoms with Gasteiger partial charge in [-0.25, -0.2) is 0 Å². The monoisotopic (exact) mass is 284 g/mol. The molecule has 2 aromatic carbocycles. The van der Waals surface area contributed by atoms with E-state index in [9.17, 15) is 10.1 Å². The first-order valence-electron chi connectivity index (χ1n) is 6.18. The van der Waals surface area contributed by atoms with Gasteiger partial charge >= 0.3 is 0 Å². The van der Waals surface area contributed by atoms with E-state index in [-0.39, 0.29) is 10.6 Å². The molecule has 0 aliphatic rings. The third kappa shape index (κ3) is 2.06. The fraction of sp³-hybridized carbons (Fsp3) is 0.133. The zero-order valence-electron chi connectivity index (χ0n) is 11.1. The van der Waals surface area contributed by atoms with E-state index in [0.29, 0.717) is 0 Å². The molecule has 0 N–H and O–H groups in total. The van der Waals surface area contributed by atoms with Gasteiger partial charge in [0.1, 0.15) is 0 Å². The molecule has 1 aromatic heterocycles. The Labute approximate surface area is 120 Å². The van der Waals surface area contributed by atoms with Crippen LogP contribution in [0.3, 0.4) is 0 Å². The number of aryl methyl sites for hydroxylation is 2. The van der Waals surface area contributed by atoms with Gasteiger partial charge in [-0.2, -0.15) is 4.37 Å². The van der Waals surface area contributed by atoms with Crippen molar-refractivity contribution in [1.29, 1.82) is 0 Å². The lowest BCUT2D eigenvalue weighted by Gasteiger charge is -2.03. The normalized spacial score (nSPS) is 10.9. The number of rotatable bonds is 2. The zero-order chi connectivity index (χ0) is 14.3. The van der Waals surface area contributed by atoms with Crippen molar-refractivity contribution in [3.63, 3.8) is 0 Å². The molecule has 0 saturated carbocycles. The minimum absolute atomic E-state index is 0.0998. The highest BCUT2D eigenvalue weighted by Crippen LogP contribution is 2.33. The minimum Gasteiger partial charge on any atom is -0.258 e. The molecule has 0 bridgehead atoms. The maximum atomic E-state index is 10.9. The average Bonchev–Trinajstić information content (AvgIpc) is 2.84. The van der Waals surface area contributed by atoms with Crippen molar-refractivity contribution >= 4 is 27.3 Å².